The van der Waals surface area contributed by atoms with Gasteiger partial charge in [0.2, 0.25) is 0 Å². The fourth-order valence-electron chi connectivity index (χ4n) is 1.76. The average Bonchev–Trinajstić information content (AvgIpc) is 2.54. The Labute approximate surface area is 104 Å². The maximum absolute atomic E-state index is 11.2. The number of hydrogen-bond donors (Lipinski definition) is 0. The molecule has 0 N–H and O–H groups in total. The minimum absolute atomic E-state index is 0.00753. The molecule has 2 aromatic rings. The third-order valence-corrected chi connectivity index (χ3v) is 4.33. The molecule has 0 unspecified atom stereocenters. The summed E-state index contributed by atoms with van der Waals surface area (Å²) in [6, 6.07) is 5.71. The summed E-state index contributed by atoms with van der Waals surface area (Å²) in [6.07, 6.45) is 0.940. The maximum atomic E-state index is 11.2. The standard InChI is InChI=1S/C13H13ClOS/c1-13(2,3)12-10(7-15)9-6-8(14)4-5-11(9)16-12/h4-7H,1-3H3. The van der Waals surface area contributed by atoms with Crippen LogP contribution in [0.15, 0.2) is 18.2 Å². The van der Waals surface area contributed by atoms with E-state index in [9.17, 15) is 4.79 Å². The van der Waals surface area contributed by atoms with Crippen LogP contribution in [0.25, 0.3) is 10.1 Å². The number of aldehydes is 1. The molecule has 0 fully saturated rings. The SMILES string of the molecule is CC(C)(C)c1sc2ccc(Cl)cc2c1C=O. The minimum Gasteiger partial charge on any atom is -0.298 e. The van der Waals surface area contributed by atoms with E-state index in [0.29, 0.717) is 5.02 Å². The van der Waals surface area contributed by atoms with Gasteiger partial charge in [-0.05, 0) is 23.6 Å². The van der Waals surface area contributed by atoms with Crippen molar-refractivity contribution >= 4 is 39.3 Å². The first-order chi connectivity index (χ1) is 7.43. The molecule has 0 aliphatic rings. The molecule has 0 bridgehead atoms. The Balaban J connectivity index is 2.82. The van der Waals surface area contributed by atoms with Crippen LogP contribution in [-0.2, 0) is 5.41 Å². The monoisotopic (exact) mass is 252 g/mol. The van der Waals surface area contributed by atoms with Crippen LogP contribution in [0.5, 0.6) is 0 Å². The summed E-state index contributed by atoms with van der Waals surface area (Å²) >= 11 is 7.63. The second kappa shape index (κ2) is 3.86. The second-order valence-corrected chi connectivity index (χ2v) is 6.34. The molecule has 0 aliphatic carbocycles. The van der Waals surface area contributed by atoms with E-state index in [4.69, 9.17) is 11.6 Å². The molecule has 1 aromatic carbocycles. The molecular weight excluding hydrogens is 240 g/mol. The van der Waals surface area contributed by atoms with Crippen molar-refractivity contribution in [2.24, 2.45) is 0 Å². The zero-order valence-electron chi connectivity index (χ0n) is 9.50. The van der Waals surface area contributed by atoms with Gasteiger partial charge in [-0.2, -0.15) is 0 Å². The molecule has 0 amide bonds. The van der Waals surface area contributed by atoms with E-state index in [0.717, 1.165) is 26.8 Å². The molecule has 0 aliphatic heterocycles. The minimum atomic E-state index is -0.00753. The van der Waals surface area contributed by atoms with Crippen LogP contribution >= 0.6 is 22.9 Å². The van der Waals surface area contributed by atoms with Gasteiger partial charge in [0, 0.05) is 25.5 Å². The van der Waals surface area contributed by atoms with Crippen LogP contribution in [0.2, 0.25) is 5.02 Å². The highest BCUT2D eigenvalue weighted by molar-refractivity contribution is 7.19. The van der Waals surface area contributed by atoms with Gasteiger partial charge in [0.1, 0.15) is 0 Å². The predicted molar refractivity (Wildman–Crippen MR) is 70.9 cm³/mol. The quantitative estimate of drug-likeness (QED) is 0.675. The summed E-state index contributed by atoms with van der Waals surface area (Å²) in [5, 5.41) is 1.64. The van der Waals surface area contributed by atoms with E-state index in [-0.39, 0.29) is 5.41 Å². The molecule has 1 nitrogen and oxygen atoms in total. The van der Waals surface area contributed by atoms with Crippen LogP contribution in [0, 0.1) is 0 Å². The predicted octanol–water partition coefficient (Wildman–Crippen LogP) is 4.66. The third kappa shape index (κ3) is 1.87. The Morgan fingerprint density at radius 1 is 1.31 bits per heavy atom. The van der Waals surface area contributed by atoms with Crippen molar-refractivity contribution < 1.29 is 4.79 Å². The summed E-state index contributed by atoms with van der Waals surface area (Å²) in [4.78, 5) is 12.3. The number of halogens is 1. The van der Waals surface area contributed by atoms with Gasteiger partial charge in [-0.15, -0.1) is 11.3 Å². The number of hydrogen-bond acceptors (Lipinski definition) is 2. The number of carbonyl (C=O) groups is 1. The van der Waals surface area contributed by atoms with Gasteiger partial charge in [0.05, 0.1) is 0 Å². The maximum Gasteiger partial charge on any atom is 0.151 e. The smallest absolute Gasteiger partial charge is 0.151 e. The van der Waals surface area contributed by atoms with Gasteiger partial charge < -0.3 is 0 Å². The summed E-state index contributed by atoms with van der Waals surface area (Å²) in [6.45, 7) is 6.35. The van der Waals surface area contributed by atoms with Crippen molar-refractivity contribution in [1.29, 1.82) is 0 Å². The van der Waals surface area contributed by atoms with Crippen LogP contribution < -0.4 is 0 Å². The molecule has 84 valence electrons. The number of fused-ring (bicyclic) bond motifs is 1. The van der Waals surface area contributed by atoms with Crippen LogP contribution in [0.3, 0.4) is 0 Å². The molecule has 0 saturated heterocycles. The van der Waals surface area contributed by atoms with Crippen molar-refractivity contribution in [3.05, 3.63) is 33.7 Å². The lowest BCUT2D eigenvalue weighted by Gasteiger charge is -2.16. The van der Waals surface area contributed by atoms with E-state index in [1.54, 1.807) is 11.3 Å². The molecule has 0 radical (unpaired) electrons. The lowest BCUT2D eigenvalue weighted by molar-refractivity contribution is 0.112. The zero-order valence-corrected chi connectivity index (χ0v) is 11.1. The highest BCUT2D eigenvalue weighted by Crippen LogP contribution is 2.38. The second-order valence-electron chi connectivity index (χ2n) is 4.85. The van der Waals surface area contributed by atoms with Gasteiger partial charge in [0.15, 0.2) is 6.29 Å². The van der Waals surface area contributed by atoms with Gasteiger partial charge in [-0.1, -0.05) is 32.4 Å². The van der Waals surface area contributed by atoms with Gasteiger partial charge in [0.25, 0.3) is 0 Å². The van der Waals surface area contributed by atoms with Gasteiger partial charge in [-0.3, -0.25) is 4.79 Å². The molecule has 0 spiro atoms. The molecule has 1 aromatic heterocycles. The van der Waals surface area contributed by atoms with E-state index in [1.807, 2.05) is 18.2 Å². The highest BCUT2D eigenvalue weighted by Gasteiger charge is 2.22. The lowest BCUT2D eigenvalue weighted by Crippen LogP contribution is -2.10. The summed E-state index contributed by atoms with van der Waals surface area (Å²) in [7, 11) is 0. The van der Waals surface area contributed by atoms with Crippen molar-refractivity contribution in [3.63, 3.8) is 0 Å². The Kier molecular flexibility index (Phi) is 2.81. The first kappa shape index (κ1) is 11.6. The first-order valence-corrected chi connectivity index (χ1v) is 6.30. The van der Waals surface area contributed by atoms with Crippen LogP contribution in [-0.4, -0.2) is 6.29 Å². The summed E-state index contributed by atoms with van der Waals surface area (Å²) in [5.41, 5.74) is 0.780. The number of carbonyl (C=O) groups excluding carboxylic acids is 1. The van der Waals surface area contributed by atoms with Crippen molar-refractivity contribution in [2.75, 3.05) is 0 Å². The molecular formula is C13H13ClOS. The normalized spacial score (nSPS) is 12.0. The average molecular weight is 253 g/mol. The van der Waals surface area contributed by atoms with Crippen molar-refractivity contribution in [1.82, 2.24) is 0 Å². The number of benzene rings is 1. The lowest BCUT2D eigenvalue weighted by atomic mass is 9.91. The van der Waals surface area contributed by atoms with Crippen molar-refractivity contribution in [3.8, 4) is 0 Å². The van der Waals surface area contributed by atoms with Gasteiger partial charge in [-0.25, -0.2) is 0 Å². The number of rotatable bonds is 1. The Morgan fingerprint density at radius 3 is 2.56 bits per heavy atom. The largest absolute Gasteiger partial charge is 0.298 e. The Hall–Kier alpha value is -0.860. The summed E-state index contributed by atoms with van der Waals surface area (Å²) < 4.78 is 1.12. The van der Waals surface area contributed by atoms with E-state index >= 15 is 0 Å². The van der Waals surface area contributed by atoms with E-state index < -0.39 is 0 Å². The zero-order chi connectivity index (χ0) is 11.9. The molecule has 1 heterocycles. The molecule has 16 heavy (non-hydrogen) atoms. The number of thiophene rings is 1. The fourth-order valence-corrected chi connectivity index (χ4v) is 3.14. The topological polar surface area (TPSA) is 17.1 Å². The van der Waals surface area contributed by atoms with Crippen molar-refractivity contribution in [2.45, 2.75) is 26.2 Å². The van der Waals surface area contributed by atoms with E-state index in [1.165, 1.54) is 0 Å². The molecule has 0 atom stereocenters. The van der Waals surface area contributed by atoms with Crippen LogP contribution in [0.4, 0.5) is 0 Å². The Bertz CT molecular complexity index is 549. The third-order valence-electron chi connectivity index (χ3n) is 2.49. The Morgan fingerprint density at radius 2 is 2.00 bits per heavy atom. The summed E-state index contributed by atoms with van der Waals surface area (Å²) in [5.74, 6) is 0. The van der Waals surface area contributed by atoms with E-state index in [2.05, 4.69) is 20.8 Å². The fraction of sp³-hybridized carbons (Fsp3) is 0.308. The molecule has 0 saturated carbocycles. The first-order valence-electron chi connectivity index (χ1n) is 5.11. The van der Waals surface area contributed by atoms with Crippen LogP contribution in [0.1, 0.15) is 36.0 Å². The molecule has 3 heteroatoms. The molecule has 2 rings (SSSR count). The highest BCUT2D eigenvalue weighted by atomic mass is 35.5. The van der Waals surface area contributed by atoms with Gasteiger partial charge >= 0.3 is 0 Å².